The molecule has 0 spiro atoms. The predicted molar refractivity (Wildman–Crippen MR) is 138 cm³/mol. The molecule has 0 bridgehead atoms. The first kappa shape index (κ1) is 26.7. The smallest absolute Gasteiger partial charge is 0.410 e. The zero-order valence-electron chi connectivity index (χ0n) is 20.8. The third-order valence-electron chi connectivity index (χ3n) is 6.07. The van der Waals surface area contributed by atoms with Crippen molar-refractivity contribution in [1.29, 1.82) is 0 Å². The van der Waals surface area contributed by atoms with Gasteiger partial charge in [-0.25, -0.2) is 4.79 Å². The first-order chi connectivity index (χ1) is 17.1. The molecule has 0 saturated carbocycles. The van der Waals surface area contributed by atoms with E-state index in [0.29, 0.717) is 36.2 Å². The number of rotatable bonds is 5. The van der Waals surface area contributed by atoms with Gasteiger partial charge in [0, 0.05) is 23.1 Å². The lowest BCUT2D eigenvalue weighted by atomic mass is 9.99. The molecule has 1 fully saturated rings. The van der Waals surface area contributed by atoms with Gasteiger partial charge in [0.2, 0.25) is 0 Å². The molecule has 2 atom stereocenters. The van der Waals surface area contributed by atoms with Gasteiger partial charge in [-0.2, -0.15) is 0 Å². The van der Waals surface area contributed by atoms with Gasteiger partial charge < -0.3 is 24.0 Å². The standard InChI is InChI=1S/C27H32Cl2N2O5/c1-27(2,3)36-26(33)31-13-21(17-34-16-18-7-5-4-6-8-18)35-24(15-31)25(32)30-10-9-19-11-20(28)12-23(29)22(19)14-30/h4-8,11-12,21,24H,9-10,13-17H2,1-3H3. The maximum absolute atomic E-state index is 13.5. The molecule has 36 heavy (non-hydrogen) atoms. The van der Waals surface area contributed by atoms with Crippen molar-refractivity contribution in [1.82, 2.24) is 9.80 Å². The minimum absolute atomic E-state index is 0.112. The second kappa shape index (κ2) is 11.4. The molecule has 0 N–H and O–H groups in total. The van der Waals surface area contributed by atoms with Crippen molar-refractivity contribution in [2.24, 2.45) is 0 Å². The van der Waals surface area contributed by atoms with Crippen LogP contribution in [0, 0.1) is 0 Å². The van der Waals surface area contributed by atoms with Crippen LogP contribution in [-0.2, 0) is 38.6 Å². The van der Waals surface area contributed by atoms with E-state index in [2.05, 4.69) is 0 Å². The molecule has 194 valence electrons. The summed E-state index contributed by atoms with van der Waals surface area (Å²) in [5.41, 5.74) is 2.32. The largest absolute Gasteiger partial charge is 0.444 e. The summed E-state index contributed by atoms with van der Waals surface area (Å²) in [6.07, 6.45) is -1.13. The summed E-state index contributed by atoms with van der Waals surface area (Å²) in [5, 5.41) is 1.13. The lowest BCUT2D eigenvalue weighted by Crippen LogP contribution is -2.57. The molecule has 2 unspecified atom stereocenters. The molecule has 2 aliphatic heterocycles. The van der Waals surface area contributed by atoms with Crippen LogP contribution in [0.1, 0.15) is 37.5 Å². The molecule has 0 radical (unpaired) electrons. The normalized spacial score (nSPS) is 20.1. The lowest BCUT2D eigenvalue weighted by Gasteiger charge is -2.40. The number of carbonyl (C=O) groups excluding carboxylic acids is 2. The molecule has 2 amide bonds. The molecule has 4 rings (SSSR count). The predicted octanol–water partition coefficient (Wildman–Crippen LogP) is 5.10. The van der Waals surface area contributed by atoms with Crippen molar-refractivity contribution in [3.63, 3.8) is 0 Å². The molecule has 2 heterocycles. The number of halogens is 2. The number of fused-ring (bicyclic) bond motifs is 1. The van der Waals surface area contributed by atoms with Gasteiger partial charge in [-0.1, -0.05) is 53.5 Å². The minimum Gasteiger partial charge on any atom is -0.444 e. The van der Waals surface area contributed by atoms with Gasteiger partial charge in [-0.15, -0.1) is 0 Å². The van der Waals surface area contributed by atoms with E-state index in [1.165, 1.54) is 0 Å². The maximum atomic E-state index is 13.5. The van der Waals surface area contributed by atoms with Crippen LogP contribution in [-0.4, -0.2) is 65.9 Å². The van der Waals surface area contributed by atoms with Crippen molar-refractivity contribution >= 4 is 35.2 Å². The van der Waals surface area contributed by atoms with E-state index in [1.54, 1.807) is 15.9 Å². The summed E-state index contributed by atoms with van der Waals surface area (Å²) < 4.78 is 17.6. The third kappa shape index (κ3) is 6.91. The molecule has 1 saturated heterocycles. The molecule has 2 aromatic carbocycles. The Hall–Kier alpha value is -2.32. The average Bonchev–Trinajstić information content (AvgIpc) is 2.83. The second-order valence-electron chi connectivity index (χ2n) is 10.2. The highest BCUT2D eigenvalue weighted by Gasteiger charge is 2.39. The second-order valence-corrected chi connectivity index (χ2v) is 11.0. The van der Waals surface area contributed by atoms with Gasteiger partial charge in [0.1, 0.15) is 5.60 Å². The van der Waals surface area contributed by atoms with Crippen molar-refractivity contribution in [3.8, 4) is 0 Å². The Morgan fingerprint density at radius 1 is 1.08 bits per heavy atom. The highest BCUT2D eigenvalue weighted by molar-refractivity contribution is 6.35. The lowest BCUT2D eigenvalue weighted by molar-refractivity contribution is -0.162. The van der Waals surface area contributed by atoms with Crippen molar-refractivity contribution in [2.45, 2.75) is 58.2 Å². The Balaban J connectivity index is 1.45. The number of carbonyl (C=O) groups is 2. The van der Waals surface area contributed by atoms with Gasteiger partial charge in [-0.3, -0.25) is 4.79 Å². The molecule has 0 aromatic heterocycles. The maximum Gasteiger partial charge on any atom is 0.410 e. The van der Waals surface area contributed by atoms with E-state index < -0.39 is 23.9 Å². The monoisotopic (exact) mass is 534 g/mol. The van der Waals surface area contributed by atoms with E-state index in [9.17, 15) is 9.59 Å². The number of ether oxygens (including phenoxy) is 3. The summed E-state index contributed by atoms with van der Waals surface area (Å²) in [7, 11) is 0. The van der Waals surface area contributed by atoms with E-state index in [-0.39, 0.29) is 25.6 Å². The van der Waals surface area contributed by atoms with Gasteiger partial charge in [0.25, 0.3) is 5.91 Å². The minimum atomic E-state index is -0.829. The van der Waals surface area contributed by atoms with Crippen LogP contribution in [0.5, 0.6) is 0 Å². The summed E-state index contributed by atoms with van der Waals surface area (Å²) in [4.78, 5) is 29.7. The summed E-state index contributed by atoms with van der Waals surface area (Å²) in [6, 6.07) is 13.4. The van der Waals surface area contributed by atoms with Gasteiger partial charge in [-0.05, 0) is 56.0 Å². The highest BCUT2D eigenvalue weighted by atomic mass is 35.5. The van der Waals surface area contributed by atoms with Crippen LogP contribution < -0.4 is 0 Å². The van der Waals surface area contributed by atoms with Crippen LogP contribution in [0.2, 0.25) is 10.0 Å². The van der Waals surface area contributed by atoms with E-state index in [1.807, 2.05) is 57.2 Å². The van der Waals surface area contributed by atoms with Crippen LogP contribution >= 0.6 is 23.2 Å². The molecule has 0 aliphatic carbocycles. The quantitative estimate of drug-likeness (QED) is 0.533. The Morgan fingerprint density at radius 2 is 1.83 bits per heavy atom. The summed E-state index contributed by atoms with van der Waals surface area (Å²) >= 11 is 12.6. The average molecular weight is 535 g/mol. The van der Waals surface area contributed by atoms with E-state index in [0.717, 1.165) is 16.7 Å². The third-order valence-corrected chi connectivity index (χ3v) is 6.63. The number of nitrogens with zero attached hydrogens (tertiary/aromatic N) is 2. The Kier molecular flexibility index (Phi) is 8.45. The number of amides is 2. The van der Waals surface area contributed by atoms with Crippen LogP contribution in [0.3, 0.4) is 0 Å². The van der Waals surface area contributed by atoms with Crippen LogP contribution in [0.25, 0.3) is 0 Å². The van der Waals surface area contributed by atoms with Crippen molar-refractivity contribution in [3.05, 3.63) is 69.2 Å². The molecular formula is C27H32Cl2N2O5. The van der Waals surface area contributed by atoms with E-state index in [4.69, 9.17) is 37.4 Å². The first-order valence-electron chi connectivity index (χ1n) is 12.1. The molecule has 7 nitrogen and oxygen atoms in total. The van der Waals surface area contributed by atoms with Crippen molar-refractivity contribution < 1.29 is 23.8 Å². The topological polar surface area (TPSA) is 68.3 Å². The molecule has 9 heteroatoms. The Morgan fingerprint density at radius 3 is 2.56 bits per heavy atom. The van der Waals surface area contributed by atoms with Gasteiger partial charge >= 0.3 is 6.09 Å². The SMILES string of the molecule is CC(C)(C)OC(=O)N1CC(COCc2ccccc2)OC(C(=O)N2CCc3cc(Cl)cc(Cl)c3C2)C1. The number of hydrogen-bond donors (Lipinski definition) is 0. The zero-order valence-corrected chi connectivity index (χ0v) is 22.3. The van der Waals surface area contributed by atoms with Gasteiger partial charge in [0.15, 0.2) is 6.10 Å². The Bertz CT molecular complexity index is 1090. The molecule has 2 aliphatic rings. The summed E-state index contributed by atoms with van der Waals surface area (Å²) in [6.45, 7) is 7.37. The first-order valence-corrected chi connectivity index (χ1v) is 12.9. The summed E-state index contributed by atoms with van der Waals surface area (Å²) in [5.74, 6) is -0.187. The fourth-order valence-corrected chi connectivity index (χ4v) is 4.99. The van der Waals surface area contributed by atoms with Crippen LogP contribution in [0.15, 0.2) is 42.5 Å². The van der Waals surface area contributed by atoms with Gasteiger partial charge in [0.05, 0.1) is 32.4 Å². The highest BCUT2D eigenvalue weighted by Crippen LogP contribution is 2.31. The fraction of sp³-hybridized carbons (Fsp3) is 0.481. The fourth-order valence-electron chi connectivity index (χ4n) is 4.40. The number of hydrogen-bond acceptors (Lipinski definition) is 5. The van der Waals surface area contributed by atoms with Crippen LogP contribution in [0.4, 0.5) is 4.79 Å². The molecular weight excluding hydrogens is 503 g/mol. The molecule has 2 aromatic rings. The van der Waals surface area contributed by atoms with E-state index >= 15 is 0 Å². The number of benzene rings is 2. The zero-order chi connectivity index (χ0) is 25.9. The Labute approximate surface area is 222 Å². The number of morpholine rings is 1. The van der Waals surface area contributed by atoms with Crippen molar-refractivity contribution in [2.75, 3.05) is 26.2 Å².